The number of terminal acetylenes is 1. The van der Waals surface area contributed by atoms with Gasteiger partial charge in [-0.1, -0.05) is 5.92 Å². The number of carboxylic acids is 1. The summed E-state index contributed by atoms with van der Waals surface area (Å²) in [7, 11) is 0. The van der Waals surface area contributed by atoms with Crippen LogP contribution < -0.4 is 0 Å². The van der Waals surface area contributed by atoms with Gasteiger partial charge in [-0.3, -0.25) is 4.79 Å². The topological polar surface area (TPSA) is 46.5 Å². The second kappa shape index (κ2) is 5.10. The number of hydrogen-bond donors (Lipinski definition) is 1. The van der Waals surface area contributed by atoms with Gasteiger partial charge in [0.2, 0.25) is 0 Å². The van der Waals surface area contributed by atoms with Crippen LogP contribution >= 0.6 is 11.6 Å². The van der Waals surface area contributed by atoms with E-state index in [-0.39, 0.29) is 13.2 Å². The number of carbonyl (C=O) groups is 1. The zero-order chi connectivity index (χ0) is 7.98. The van der Waals surface area contributed by atoms with Gasteiger partial charge in [0.05, 0.1) is 6.61 Å². The summed E-state index contributed by atoms with van der Waals surface area (Å²) in [6.07, 6.45) is 4.83. The molecule has 0 aromatic rings. The first-order valence-corrected chi connectivity index (χ1v) is 3.00. The zero-order valence-corrected chi connectivity index (χ0v) is 5.97. The van der Waals surface area contributed by atoms with Crippen molar-refractivity contribution in [3.63, 3.8) is 0 Å². The average molecular weight is 163 g/mol. The molecular weight excluding hydrogens is 156 g/mol. The summed E-state index contributed by atoms with van der Waals surface area (Å²) in [5, 5.41) is 7.21. The maximum atomic E-state index is 10.0. The fourth-order valence-corrected chi connectivity index (χ4v) is 0.382. The number of carboxylic acid groups (broad SMARTS) is 1. The number of aliphatic carboxylic acids is 1. The fraction of sp³-hybridized carbons (Fsp3) is 0.500. The fourth-order valence-electron chi connectivity index (χ4n) is 0.293. The van der Waals surface area contributed by atoms with E-state index < -0.39 is 11.3 Å². The monoisotopic (exact) mass is 162 g/mol. The van der Waals surface area contributed by atoms with Crippen molar-refractivity contribution in [2.24, 2.45) is 0 Å². The Bertz CT molecular complexity index is 150. The van der Waals surface area contributed by atoms with Crippen molar-refractivity contribution >= 4 is 17.6 Å². The van der Waals surface area contributed by atoms with Crippen molar-refractivity contribution < 1.29 is 14.6 Å². The highest BCUT2D eigenvalue weighted by molar-refractivity contribution is 6.29. The normalized spacial score (nSPS) is 12.0. The molecule has 0 spiro atoms. The van der Waals surface area contributed by atoms with E-state index in [1.54, 1.807) is 0 Å². The summed E-state index contributed by atoms with van der Waals surface area (Å²) in [5.41, 5.74) is 0. The predicted octanol–water partition coefficient (Wildman–Crippen LogP) is 0.328. The first-order chi connectivity index (χ1) is 4.68. The van der Waals surface area contributed by atoms with E-state index >= 15 is 0 Å². The van der Waals surface area contributed by atoms with Gasteiger partial charge in [0.15, 0.2) is 5.38 Å². The van der Waals surface area contributed by atoms with Crippen molar-refractivity contribution in [3.8, 4) is 12.3 Å². The molecule has 0 aliphatic heterocycles. The molecule has 0 heterocycles. The lowest BCUT2D eigenvalue weighted by molar-refractivity contribution is -0.137. The summed E-state index contributed by atoms with van der Waals surface area (Å²) < 4.78 is 4.66. The van der Waals surface area contributed by atoms with E-state index in [9.17, 15) is 4.79 Å². The smallest absolute Gasteiger partial charge is 0.324 e. The van der Waals surface area contributed by atoms with Crippen LogP contribution in [0.1, 0.15) is 0 Å². The third-order valence-electron chi connectivity index (χ3n) is 0.718. The molecule has 10 heavy (non-hydrogen) atoms. The highest BCUT2D eigenvalue weighted by Crippen LogP contribution is 1.95. The van der Waals surface area contributed by atoms with E-state index in [1.165, 1.54) is 0 Å². The van der Waals surface area contributed by atoms with E-state index in [0.717, 1.165) is 0 Å². The quantitative estimate of drug-likeness (QED) is 0.368. The molecule has 0 aliphatic rings. The summed E-state index contributed by atoms with van der Waals surface area (Å²) in [6, 6.07) is 0. The van der Waals surface area contributed by atoms with Crippen LogP contribution in [0.2, 0.25) is 0 Å². The molecule has 0 radical (unpaired) electrons. The average Bonchev–Trinajstić information content (AvgIpc) is 1.88. The van der Waals surface area contributed by atoms with Crippen LogP contribution in [-0.2, 0) is 9.53 Å². The predicted molar refractivity (Wildman–Crippen MR) is 36.9 cm³/mol. The molecule has 1 atom stereocenters. The molecule has 56 valence electrons. The molecule has 0 aliphatic carbocycles. The molecule has 0 amide bonds. The molecule has 4 heteroatoms. The van der Waals surface area contributed by atoms with E-state index in [2.05, 4.69) is 10.7 Å². The molecule has 0 bridgehead atoms. The van der Waals surface area contributed by atoms with Gasteiger partial charge < -0.3 is 9.84 Å². The summed E-state index contributed by atoms with van der Waals surface area (Å²) in [6.45, 7) is 0.0393. The summed E-state index contributed by atoms with van der Waals surface area (Å²) >= 11 is 5.26. The minimum atomic E-state index is -1.10. The van der Waals surface area contributed by atoms with E-state index in [1.807, 2.05) is 0 Å². The standard InChI is InChI=1S/C6H7ClO3/c1-2-3-10-4-5(7)6(8)9/h1,5H,3-4H2,(H,8,9). The minimum Gasteiger partial charge on any atom is -0.480 e. The van der Waals surface area contributed by atoms with Gasteiger partial charge in [0, 0.05) is 0 Å². The highest BCUT2D eigenvalue weighted by Gasteiger charge is 2.12. The Kier molecular flexibility index (Phi) is 4.73. The molecule has 0 aromatic carbocycles. The van der Waals surface area contributed by atoms with Crippen LogP contribution in [-0.4, -0.2) is 29.7 Å². The maximum Gasteiger partial charge on any atom is 0.324 e. The Balaban J connectivity index is 3.32. The first kappa shape index (κ1) is 9.28. The molecule has 0 rings (SSSR count). The number of rotatable bonds is 4. The van der Waals surface area contributed by atoms with Gasteiger partial charge in [0.1, 0.15) is 6.61 Å². The molecule has 0 saturated carbocycles. The van der Waals surface area contributed by atoms with Gasteiger partial charge in [0.25, 0.3) is 0 Å². The van der Waals surface area contributed by atoms with Crippen LogP contribution in [0.4, 0.5) is 0 Å². The van der Waals surface area contributed by atoms with Crippen molar-refractivity contribution in [3.05, 3.63) is 0 Å². The van der Waals surface area contributed by atoms with Crippen molar-refractivity contribution in [2.75, 3.05) is 13.2 Å². The molecule has 0 saturated heterocycles. The Labute approximate surface area is 63.9 Å². The van der Waals surface area contributed by atoms with E-state index in [0.29, 0.717) is 0 Å². The van der Waals surface area contributed by atoms with Crippen LogP contribution in [0.15, 0.2) is 0 Å². The molecule has 3 nitrogen and oxygen atoms in total. The number of alkyl halides is 1. The highest BCUT2D eigenvalue weighted by atomic mass is 35.5. The largest absolute Gasteiger partial charge is 0.480 e. The van der Waals surface area contributed by atoms with Gasteiger partial charge >= 0.3 is 5.97 Å². The van der Waals surface area contributed by atoms with Gasteiger partial charge in [-0.2, -0.15) is 0 Å². The van der Waals surface area contributed by atoms with Gasteiger partial charge in [-0.15, -0.1) is 18.0 Å². The Hall–Kier alpha value is -0.720. The number of ether oxygens (including phenoxy) is 1. The minimum absolute atomic E-state index is 0.0545. The Morgan fingerprint density at radius 2 is 2.50 bits per heavy atom. The maximum absolute atomic E-state index is 10.0. The third-order valence-corrected chi connectivity index (χ3v) is 1.03. The third kappa shape index (κ3) is 4.19. The van der Waals surface area contributed by atoms with Crippen molar-refractivity contribution in [2.45, 2.75) is 5.38 Å². The van der Waals surface area contributed by atoms with Gasteiger partial charge in [-0.05, 0) is 0 Å². The number of hydrogen-bond acceptors (Lipinski definition) is 2. The van der Waals surface area contributed by atoms with Crippen LogP contribution in [0, 0.1) is 12.3 Å². The SMILES string of the molecule is C#CCOCC(Cl)C(=O)O. The molecule has 0 fully saturated rings. The van der Waals surface area contributed by atoms with Crippen LogP contribution in [0.3, 0.4) is 0 Å². The number of halogens is 1. The molecule has 0 aromatic heterocycles. The van der Waals surface area contributed by atoms with Gasteiger partial charge in [-0.25, -0.2) is 0 Å². The van der Waals surface area contributed by atoms with E-state index in [4.69, 9.17) is 23.1 Å². The second-order valence-electron chi connectivity index (χ2n) is 1.53. The van der Waals surface area contributed by atoms with Crippen molar-refractivity contribution in [1.29, 1.82) is 0 Å². The van der Waals surface area contributed by atoms with Crippen molar-refractivity contribution in [1.82, 2.24) is 0 Å². The Morgan fingerprint density at radius 3 is 2.90 bits per heavy atom. The Morgan fingerprint density at radius 1 is 1.90 bits per heavy atom. The summed E-state index contributed by atoms with van der Waals surface area (Å²) in [4.78, 5) is 10.0. The van der Waals surface area contributed by atoms with Crippen LogP contribution in [0.25, 0.3) is 0 Å². The lowest BCUT2D eigenvalue weighted by atomic mass is 10.4. The van der Waals surface area contributed by atoms with Crippen LogP contribution in [0.5, 0.6) is 0 Å². The molecule has 1 N–H and O–H groups in total. The lowest BCUT2D eigenvalue weighted by Gasteiger charge is -2.01. The first-order valence-electron chi connectivity index (χ1n) is 2.56. The lowest BCUT2D eigenvalue weighted by Crippen LogP contribution is -2.19. The molecule has 1 unspecified atom stereocenters. The zero-order valence-electron chi connectivity index (χ0n) is 5.21. The second-order valence-corrected chi connectivity index (χ2v) is 2.05. The molecular formula is C6H7ClO3. The summed E-state index contributed by atoms with van der Waals surface area (Å²) in [5.74, 6) is 1.09.